The van der Waals surface area contributed by atoms with E-state index in [1.54, 1.807) is 20.8 Å². The van der Waals surface area contributed by atoms with Crippen LogP contribution in [-0.4, -0.2) is 84.3 Å². The summed E-state index contributed by atoms with van der Waals surface area (Å²) >= 11 is 3.80. The average Bonchev–Trinajstić information content (AvgIpc) is 3.22. The number of hydrogen-bond donors (Lipinski definition) is 3. The second-order valence-corrected chi connectivity index (χ2v) is 15.8. The Balaban J connectivity index is 1.36. The third-order valence-corrected chi connectivity index (χ3v) is 11.8. The van der Waals surface area contributed by atoms with E-state index < -0.39 is 22.9 Å². The lowest BCUT2D eigenvalue weighted by atomic mass is 9.75. The molecule has 2 unspecified atom stereocenters. The molecule has 3 N–H and O–H groups in total. The van der Waals surface area contributed by atoms with Crippen molar-refractivity contribution in [1.29, 1.82) is 0 Å². The van der Waals surface area contributed by atoms with E-state index in [-0.39, 0.29) is 41.2 Å². The van der Waals surface area contributed by atoms with Crippen molar-refractivity contribution in [1.82, 2.24) is 0 Å². The number of ether oxygens (including phenoxy) is 4. The van der Waals surface area contributed by atoms with Crippen molar-refractivity contribution >= 4 is 15.9 Å². The molecular formula is C30H53BrO7. The van der Waals surface area contributed by atoms with Gasteiger partial charge in [0.05, 0.1) is 64.1 Å². The van der Waals surface area contributed by atoms with E-state index in [0.29, 0.717) is 17.7 Å². The molecule has 4 fully saturated rings. The summed E-state index contributed by atoms with van der Waals surface area (Å²) in [7, 11) is 0. The SMILES string of the molecule is CC(C)(O)C(O)CCC(C)(O)[C@@H]1CC[C@](C)([C@H]2CC[C@H]3O[C@@H]([C@]4(C)CC[C@@H](Br)C(C)(C)O4)CC[C@]3(C)O2)O1. The van der Waals surface area contributed by atoms with Crippen LogP contribution < -0.4 is 0 Å². The first-order valence-corrected chi connectivity index (χ1v) is 15.7. The Kier molecular flexibility index (Phi) is 8.59. The number of fused-ring (bicyclic) bond motifs is 1. The first kappa shape index (κ1) is 31.1. The van der Waals surface area contributed by atoms with Crippen molar-refractivity contribution in [3.63, 3.8) is 0 Å². The van der Waals surface area contributed by atoms with Gasteiger partial charge >= 0.3 is 0 Å². The van der Waals surface area contributed by atoms with Crippen LogP contribution in [0.4, 0.5) is 0 Å². The predicted octanol–water partition coefficient (Wildman–Crippen LogP) is 5.18. The summed E-state index contributed by atoms with van der Waals surface area (Å²) in [5.74, 6) is 0. The zero-order valence-electron chi connectivity index (χ0n) is 24.9. The molecule has 8 heteroatoms. The number of rotatable bonds is 7. The number of alkyl halides is 1. The molecule has 10 atom stereocenters. The largest absolute Gasteiger partial charge is 0.390 e. The van der Waals surface area contributed by atoms with E-state index in [9.17, 15) is 15.3 Å². The molecule has 0 saturated carbocycles. The summed E-state index contributed by atoms with van der Waals surface area (Å²) in [6.45, 7) is 15.8. The van der Waals surface area contributed by atoms with Gasteiger partial charge in [0.15, 0.2) is 0 Å². The van der Waals surface area contributed by atoms with Crippen LogP contribution in [0.3, 0.4) is 0 Å². The molecule has 222 valence electrons. The summed E-state index contributed by atoms with van der Waals surface area (Å²) in [5, 5.41) is 31.5. The van der Waals surface area contributed by atoms with Gasteiger partial charge in [-0.3, -0.25) is 0 Å². The molecule has 4 rings (SSSR count). The average molecular weight is 606 g/mol. The highest BCUT2D eigenvalue weighted by Gasteiger charge is 2.57. The second kappa shape index (κ2) is 10.5. The Bertz CT molecular complexity index is 843. The second-order valence-electron chi connectivity index (χ2n) is 14.7. The van der Waals surface area contributed by atoms with E-state index in [4.69, 9.17) is 18.9 Å². The van der Waals surface area contributed by atoms with E-state index in [0.717, 1.165) is 51.4 Å². The lowest BCUT2D eigenvalue weighted by molar-refractivity contribution is -0.304. The van der Waals surface area contributed by atoms with Crippen LogP contribution in [0.15, 0.2) is 0 Å². The fourth-order valence-electron chi connectivity index (χ4n) is 7.24. The van der Waals surface area contributed by atoms with Crippen LogP contribution >= 0.6 is 15.9 Å². The highest BCUT2D eigenvalue weighted by molar-refractivity contribution is 9.09. The smallest absolute Gasteiger partial charge is 0.0923 e. The number of halogens is 1. The predicted molar refractivity (Wildman–Crippen MR) is 151 cm³/mol. The molecule has 38 heavy (non-hydrogen) atoms. The highest BCUT2D eigenvalue weighted by Crippen LogP contribution is 2.50. The molecule has 7 nitrogen and oxygen atoms in total. The number of aliphatic hydroxyl groups excluding tert-OH is 1. The first-order chi connectivity index (χ1) is 17.3. The van der Waals surface area contributed by atoms with Gasteiger partial charge < -0.3 is 34.3 Å². The molecular weight excluding hydrogens is 552 g/mol. The van der Waals surface area contributed by atoms with Crippen molar-refractivity contribution < 1.29 is 34.3 Å². The zero-order chi connectivity index (χ0) is 28.4. The molecule has 0 aliphatic carbocycles. The van der Waals surface area contributed by atoms with Gasteiger partial charge in [0.1, 0.15) is 0 Å². The Morgan fingerprint density at radius 1 is 0.789 bits per heavy atom. The summed E-state index contributed by atoms with van der Waals surface area (Å²) in [6.07, 6.45) is 6.61. The summed E-state index contributed by atoms with van der Waals surface area (Å²) in [6, 6.07) is 0. The van der Waals surface area contributed by atoms with Gasteiger partial charge in [-0.1, -0.05) is 15.9 Å². The normalized spacial score (nSPS) is 46.3. The van der Waals surface area contributed by atoms with Crippen LogP contribution in [0.25, 0.3) is 0 Å². The van der Waals surface area contributed by atoms with E-state index in [1.807, 2.05) is 0 Å². The van der Waals surface area contributed by atoms with Gasteiger partial charge in [-0.2, -0.15) is 0 Å². The number of aliphatic hydroxyl groups is 3. The molecule has 0 aromatic heterocycles. The Labute approximate surface area is 238 Å². The molecule has 4 saturated heterocycles. The minimum absolute atomic E-state index is 0.0231. The van der Waals surface area contributed by atoms with Crippen LogP contribution in [-0.2, 0) is 18.9 Å². The summed E-state index contributed by atoms with van der Waals surface area (Å²) < 4.78 is 26.8. The summed E-state index contributed by atoms with van der Waals surface area (Å²) in [5.41, 5.74) is -3.68. The van der Waals surface area contributed by atoms with Crippen molar-refractivity contribution in [2.75, 3.05) is 0 Å². The Morgan fingerprint density at radius 2 is 1.34 bits per heavy atom. The standard InChI is InChI=1S/C30H53BrO7/c1-25(2,33)20(32)12-15-27(5,34)21-13-17-29(7,36-21)24-10-9-22-28(6,37-24)18-14-23(35-22)30(8)16-11-19(31)26(3,4)38-30/h19-24,32-34H,9-18H2,1-8H3/t19-,20?,21+,22-,23-,24-,27?,28+,29-,30+/m1/s1. The van der Waals surface area contributed by atoms with Crippen LogP contribution in [0.2, 0.25) is 0 Å². The first-order valence-electron chi connectivity index (χ1n) is 14.8. The zero-order valence-corrected chi connectivity index (χ0v) is 26.5. The minimum atomic E-state index is -1.20. The van der Waals surface area contributed by atoms with Crippen LogP contribution in [0.5, 0.6) is 0 Å². The minimum Gasteiger partial charge on any atom is -0.390 e. The van der Waals surface area contributed by atoms with Gasteiger partial charge in [0.2, 0.25) is 0 Å². The fraction of sp³-hybridized carbons (Fsp3) is 1.00. The van der Waals surface area contributed by atoms with Crippen LogP contribution in [0.1, 0.15) is 120 Å². The number of hydrogen-bond acceptors (Lipinski definition) is 7. The molecule has 0 radical (unpaired) electrons. The lowest BCUT2D eigenvalue weighted by Gasteiger charge is -2.56. The molecule has 4 aliphatic heterocycles. The van der Waals surface area contributed by atoms with Crippen molar-refractivity contribution in [2.45, 2.75) is 189 Å². The van der Waals surface area contributed by atoms with Gasteiger partial charge in [0.25, 0.3) is 0 Å². The topological polar surface area (TPSA) is 97.6 Å². The third-order valence-electron chi connectivity index (χ3n) is 10.3. The Hall–Kier alpha value is 0.200. The Morgan fingerprint density at radius 3 is 1.97 bits per heavy atom. The molecule has 0 aromatic carbocycles. The molecule has 0 spiro atoms. The fourth-order valence-corrected chi connectivity index (χ4v) is 7.57. The van der Waals surface area contributed by atoms with Gasteiger partial charge in [-0.05, 0) is 120 Å². The van der Waals surface area contributed by atoms with Gasteiger partial charge in [-0.25, -0.2) is 0 Å². The highest BCUT2D eigenvalue weighted by atomic mass is 79.9. The maximum Gasteiger partial charge on any atom is 0.0923 e. The van der Waals surface area contributed by atoms with Crippen molar-refractivity contribution in [3.05, 3.63) is 0 Å². The van der Waals surface area contributed by atoms with E-state index >= 15 is 0 Å². The third kappa shape index (κ3) is 6.18. The van der Waals surface area contributed by atoms with Crippen molar-refractivity contribution in [3.8, 4) is 0 Å². The van der Waals surface area contributed by atoms with E-state index in [2.05, 4.69) is 50.5 Å². The van der Waals surface area contributed by atoms with Crippen molar-refractivity contribution in [2.24, 2.45) is 0 Å². The lowest BCUT2D eigenvalue weighted by Crippen LogP contribution is -2.63. The van der Waals surface area contributed by atoms with E-state index in [1.165, 1.54) is 0 Å². The quantitative estimate of drug-likeness (QED) is 0.344. The maximum atomic E-state index is 11.2. The summed E-state index contributed by atoms with van der Waals surface area (Å²) in [4.78, 5) is 0.346. The monoisotopic (exact) mass is 604 g/mol. The molecule has 4 heterocycles. The molecule has 0 amide bonds. The molecule has 0 bridgehead atoms. The maximum absolute atomic E-state index is 11.2. The molecule has 4 aliphatic rings. The van der Waals surface area contributed by atoms with Gasteiger partial charge in [-0.15, -0.1) is 0 Å². The van der Waals surface area contributed by atoms with Gasteiger partial charge in [0, 0.05) is 4.83 Å². The molecule has 0 aromatic rings. The van der Waals surface area contributed by atoms with Crippen LogP contribution in [0, 0.1) is 0 Å².